The second kappa shape index (κ2) is 8.84. The highest BCUT2D eigenvalue weighted by Gasteiger charge is 2.45. The van der Waals surface area contributed by atoms with E-state index < -0.39 is 11.6 Å². The van der Waals surface area contributed by atoms with Gasteiger partial charge in [0.05, 0.1) is 0 Å². The van der Waals surface area contributed by atoms with Gasteiger partial charge < -0.3 is 0 Å². The van der Waals surface area contributed by atoms with E-state index in [4.69, 9.17) is 0 Å². The van der Waals surface area contributed by atoms with Crippen LogP contribution in [0, 0.1) is 35.3 Å². The normalized spacial score (nSPS) is 35.0. The summed E-state index contributed by atoms with van der Waals surface area (Å²) in [6.45, 7) is 2.34. The zero-order chi connectivity index (χ0) is 19.6. The van der Waals surface area contributed by atoms with Crippen LogP contribution < -0.4 is 0 Å². The largest absolute Gasteiger partial charge is 0.204 e. The summed E-state index contributed by atoms with van der Waals surface area (Å²) >= 11 is 0. The van der Waals surface area contributed by atoms with Crippen molar-refractivity contribution in [2.24, 2.45) is 23.7 Å². The van der Waals surface area contributed by atoms with Crippen LogP contribution in [0.5, 0.6) is 0 Å². The molecule has 0 atom stereocenters. The maximum absolute atomic E-state index is 14.1. The van der Waals surface area contributed by atoms with Crippen molar-refractivity contribution in [1.29, 1.82) is 0 Å². The highest BCUT2D eigenvalue weighted by Crippen LogP contribution is 2.53. The summed E-state index contributed by atoms with van der Waals surface area (Å²) in [5.74, 6) is 2.03. The van der Waals surface area contributed by atoms with Gasteiger partial charge in [0.15, 0.2) is 11.6 Å². The summed E-state index contributed by atoms with van der Waals surface area (Å²) in [4.78, 5) is 0. The van der Waals surface area contributed by atoms with Crippen LogP contribution >= 0.6 is 0 Å². The summed E-state index contributed by atoms with van der Waals surface area (Å²) in [6, 6.07) is 4.81. The van der Waals surface area contributed by atoms with Gasteiger partial charge in [-0.05, 0) is 98.1 Å². The van der Waals surface area contributed by atoms with Crippen LogP contribution in [-0.4, -0.2) is 0 Å². The minimum atomic E-state index is -0.705. The van der Waals surface area contributed by atoms with E-state index in [1.54, 1.807) is 0 Å². The number of halogens is 2. The first kappa shape index (κ1) is 20.4. The van der Waals surface area contributed by atoms with E-state index in [2.05, 4.69) is 6.92 Å². The Hall–Kier alpha value is -0.920. The predicted octanol–water partition coefficient (Wildman–Crippen LogP) is 8.19. The first-order valence-corrected chi connectivity index (χ1v) is 12.1. The van der Waals surface area contributed by atoms with Crippen molar-refractivity contribution in [2.75, 3.05) is 0 Å². The SMILES string of the molecule is CC[C@H]1CC[C@H]([C@H]2CC[C@@](c3ccc(F)c(F)c3)(C3CCCCC3)CC2)CC1. The Balaban J connectivity index is 1.51. The van der Waals surface area contributed by atoms with Crippen LogP contribution in [0.3, 0.4) is 0 Å². The van der Waals surface area contributed by atoms with Crippen molar-refractivity contribution < 1.29 is 8.78 Å². The zero-order valence-electron chi connectivity index (χ0n) is 17.7. The first-order chi connectivity index (χ1) is 13.6. The van der Waals surface area contributed by atoms with Gasteiger partial charge in [-0.15, -0.1) is 0 Å². The molecule has 2 heteroatoms. The summed E-state index contributed by atoms with van der Waals surface area (Å²) in [7, 11) is 0. The fraction of sp³-hybridized carbons (Fsp3) is 0.769. The number of rotatable bonds is 4. The molecule has 0 spiro atoms. The molecule has 0 aromatic heterocycles. The van der Waals surface area contributed by atoms with Gasteiger partial charge >= 0.3 is 0 Å². The Kier molecular flexibility index (Phi) is 6.43. The number of hydrogen-bond donors (Lipinski definition) is 0. The van der Waals surface area contributed by atoms with Gasteiger partial charge in [-0.25, -0.2) is 8.78 Å². The molecule has 0 bridgehead atoms. The predicted molar refractivity (Wildman–Crippen MR) is 112 cm³/mol. The van der Waals surface area contributed by atoms with E-state index in [1.165, 1.54) is 102 Å². The number of hydrogen-bond acceptors (Lipinski definition) is 0. The summed E-state index contributed by atoms with van der Waals surface area (Å²) in [5, 5.41) is 0. The molecule has 1 aromatic rings. The summed E-state index contributed by atoms with van der Waals surface area (Å²) < 4.78 is 27.8. The van der Waals surface area contributed by atoms with Crippen molar-refractivity contribution in [1.82, 2.24) is 0 Å². The van der Waals surface area contributed by atoms with Crippen LogP contribution in [0.4, 0.5) is 8.78 Å². The third-order valence-electron chi connectivity index (χ3n) is 8.94. The molecule has 0 heterocycles. The van der Waals surface area contributed by atoms with Crippen LogP contribution in [0.25, 0.3) is 0 Å². The van der Waals surface area contributed by atoms with Crippen molar-refractivity contribution in [3.8, 4) is 0 Å². The van der Waals surface area contributed by atoms with Crippen LogP contribution in [0.2, 0.25) is 0 Å². The third-order valence-corrected chi connectivity index (χ3v) is 8.94. The van der Waals surface area contributed by atoms with E-state index in [0.29, 0.717) is 5.92 Å². The molecule has 3 aliphatic rings. The maximum atomic E-state index is 14.1. The Morgan fingerprint density at radius 2 is 1.43 bits per heavy atom. The van der Waals surface area contributed by atoms with E-state index in [0.717, 1.165) is 23.3 Å². The second-order valence-electron chi connectivity index (χ2n) is 10.1. The molecule has 3 saturated carbocycles. The monoisotopic (exact) mass is 388 g/mol. The highest BCUT2D eigenvalue weighted by atomic mass is 19.2. The fourth-order valence-electron chi connectivity index (χ4n) is 7.09. The molecule has 3 aliphatic carbocycles. The molecule has 0 unspecified atom stereocenters. The van der Waals surface area contributed by atoms with E-state index in [9.17, 15) is 8.78 Å². The van der Waals surface area contributed by atoms with Crippen molar-refractivity contribution >= 4 is 0 Å². The molecule has 0 aliphatic heterocycles. The average molecular weight is 389 g/mol. The Morgan fingerprint density at radius 3 is 2.04 bits per heavy atom. The fourth-order valence-corrected chi connectivity index (χ4v) is 7.09. The molecular formula is C26H38F2. The minimum Gasteiger partial charge on any atom is -0.204 e. The van der Waals surface area contributed by atoms with Crippen LogP contribution in [-0.2, 0) is 5.41 Å². The molecule has 0 radical (unpaired) electrons. The molecule has 3 fully saturated rings. The number of benzene rings is 1. The minimum absolute atomic E-state index is 0.0894. The lowest BCUT2D eigenvalue weighted by molar-refractivity contribution is 0.0847. The van der Waals surface area contributed by atoms with E-state index >= 15 is 0 Å². The lowest BCUT2D eigenvalue weighted by Crippen LogP contribution is -2.41. The molecule has 0 amide bonds. The van der Waals surface area contributed by atoms with Crippen molar-refractivity contribution in [3.05, 3.63) is 35.4 Å². The molecule has 156 valence electrons. The average Bonchev–Trinajstić information content (AvgIpc) is 2.76. The zero-order valence-corrected chi connectivity index (χ0v) is 17.7. The Morgan fingerprint density at radius 1 is 0.786 bits per heavy atom. The lowest BCUT2D eigenvalue weighted by Gasteiger charge is -2.49. The van der Waals surface area contributed by atoms with E-state index in [-0.39, 0.29) is 5.41 Å². The smallest absolute Gasteiger partial charge is 0.159 e. The van der Waals surface area contributed by atoms with Crippen LogP contribution in [0.15, 0.2) is 18.2 Å². The quantitative estimate of drug-likeness (QED) is 0.487. The first-order valence-electron chi connectivity index (χ1n) is 12.1. The Labute approximate surface area is 170 Å². The van der Waals surface area contributed by atoms with Crippen LogP contribution in [0.1, 0.15) is 102 Å². The maximum Gasteiger partial charge on any atom is 0.159 e. The molecule has 1 aromatic carbocycles. The van der Waals surface area contributed by atoms with E-state index in [1.807, 2.05) is 6.07 Å². The molecule has 4 rings (SSSR count). The molecule has 0 nitrogen and oxygen atoms in total. The van der Waals surface area contributed by atoms with Crippen molar-refractivity contribution in [2.45, 2.75) is 102 Å². The van der Waals surface area contributed by atoms with Gasteiger partial charge in [-0.1, -0.05) is 51.5 Å². The third kappa shape index (κ3) is 4.03. The molecule has 0 N–H and O–H groups in total. The van der Waals surface area contributed by atoms with Gasteiger partial charge in [0.2, 0.25) is 0 Å². The van der Waals surface area contributed by atoms with Crippen molar-refractivity contribution in [3.63, 3.8) is 0 Å². The van der Waals surface area contributed by atoms with Gasteiger partial charge in [0.25, 0.3) is 0 Å². The second-order valence-corrected chi connectivity index (χ2v) is 10.1. The van der Waals surface area contributed by atoms with Gasteiger partial charge in [0, 0.05) is 0 Å². The van der Waals surface area contributed by atoms with Gasteiger partial charge in [0.1, 0.15) is 0 Å². The lowest BCUT2D eigenvalue weighted by atomic mass is 9.55. The molecular weight excluding hydrogens is 350 g/mol. The summed E-state index contributed by atoms with van der Waals surface area (Å²) in [5.41, 5.74) is 1.18. The highest BCUT2D eigenvalue weighted by molar-refractivity contribution is 5.29. The van der Waals surface area contributed by atoms with Gasteiger partial charge in [-0.2, -0.15) is 0 Å². The standard InChI is InChI=1S/C26H38F2/c1-2-19-8-10-20(11-9-19)21-14-16-26(17-15-21,22-6-4-3-5-7-22)23-12-13-24(27)25(28)18-23/h12-13,18-22H,2-11,14-17H2,1H3/t19-,20-,21-,26-. The molecule has 28 heavy (non-hydrogen) atoms. The topological polar surface area (TPSA) is 0 Å². The molecule has 0 saturated heterocycles. The van der Waals surface area contributed by atoms with Gasteiger partial charge in [-0.3, -0.25) is 0 Å². The summed E-state index contributed by atoms with van der Waals surface area (Å²) in [6.07, 6.45) is 18.5. The Bertz CT molecular complexity index is 630.